The van der Waals surface area contributed by atoms with Crippen LogP contribution in [0.2, 0.25) is 5.28 Å². The number of nitrogens with one attached hydrogen (secondary N) is 1. The highest BCUT2D eigenvalue weighted by Gasteiger charge is 2.11. The molecule has 0 spiro atoms. The summed E-state index contributed by atoms with van der Waals surface area (Å²) in [6, 6.07) is 0. The molecule has 0 unspecified atom stereocenters. The number of hydrogen-bond acceptors (Lipinski definition) is 6. The quantitative estimate of drug-likeness (QED) is 0.891. The number of rotatable bonds is 5. The first kappa shape index (κ1) is 13.5. The van der Waals surface area contributed by atoms with Crippen LogP contribution >= 0.6 is 11.6 Å². The lowest BCUT2D eigenvalue weighted by Crippen LogP contribution is -2.22. The molecule has 2 aromatic heterocycles. The summed E-state index contributed by atoms with van der Waals surface area (Å²) in [5.41, 5.74) is 0. The molecule has 0 aromatic carbocycles. The molecule has 8 heteroatoms. The highest BCUT2D eigenvalue weighted by atomic mass is 35.5. The fraction of sp³-hybridized carbons (Fsp3) is 0.455. The molecule has 0 aliphatic rings. The van der Waals surface area contributed by atoms with E-state index < -0.39 is 0 Å². The van der Waals surface area contributed by atoms with Crippen LogP contribution in [0.25, 0.3) is 0 Å². The molecule has 0 amide bonds. The van der Waals surface area contributed by atoms with Crippen LogP contribution in [0.1, 0.15) is 12.7 Å². The summed E-state index contributed by atoms with van der Waals surface area (Å²) >= 11 is 5.89. The van der Waals surface area contributed by atoms with Gasteiger partial charge in [0.2, 0.25) is 17.2 Å². The van der Waals surface area contributed by atoms with Gasteiger partial charge in [-0.2, -0.15) is 15.0 Å². The number of aromatic nitrogens is 5. The molecule has 0 saturated carbocycles. The lowest BCUT2D eigenvalue weighted by molar-refractivity contribution is 0.744. The standard InChI is InChI=1S/C11H16ClN7/c1-4-13-10-15-9(12)16-11(17-10)19(3)7-8-14-5-6-18(8)2/h5-6H,4,7H2,1-3H3,(H,13,15,16,17). The van der Waals surface area contributed by atoms with Crippen molar-refractivity contribution in [2.75, 3.05) is 23.8 Å². The summed E-state index contributed by atoms with van der Waals surface area (Å²) in [6.45, 7) is 3.28. The smallest absolute Gasteiger partial charge is 0.231 e. The minimum atomic E-state index is 0.174. The molecule has 0 radical (unpaired) electrons. The lowest BCUT2D eigenvalue weighted by Gasteiger charge is -2.17. The van der Waals surface area contributed by atoms with Crippen molar-refractivity contribution < 1.29 is 0 Å². The fourth-order valence-electron chi connectivity index (χ4n) is 1.58. The van der Waals surface area contributed by atoms with E-state index in [0.717, 1.165) is 12.4 Å². The Bertz CT molecular complexity index is 554. The first-order chi connectivity index (χ1) is 9.10. The normalized spacial score (nSPS) is 10.5. The predicted molar refractivity (Wildman–Crippen MR) is 74.3 cm³/mol. The molecule has 0 bridgehead atoms. The molecular formula is C11H16ClN7. The second-order valence-corrected chi connectivity index (χ2v) is 4.41. The Balaban J connectivity index is 2.18. The van der Waals surface area contributed by atoms with E-state index in [9.17, 15) is 0 Å². The summed E-state index contributed by atoms with van der Waals surface area (Å²) < 4.78 is 1.95. The summed E-state index contributed by atoms with van der Waals surface area (Å²) in [7, 11) is 3.83. The van der Waals surface area contributed by atoms with Gasteiger partial charge in [-0.3, -0.25) is 0 Å². The van der Waals surface area contributed by atoms with Crippen molar-refractivity contribution in [3.05, 3.63) is 23.5 Å². The summed E-state index contributed by atoms with van der Waals surface area (Å²) in [6.07, 6.45) is 3.65. The second-order valence-electron chi connectivity index (χ2n) is 4.07. The van der Waals surface area contributed by atoms with Crippen LogP contribution < -0.4 is 10.2 Å². The minimum absolute atomic E-state index is 0.174. The molecule has 102 valence electrons. The van der Waals surface area contributed by atoms with E-state index in [4.69, 9.17) is 11.6 Å². The van der Waals surface area contributed by atoms with Crippen molar-refractivity contribution >= 4 is 23.5 Å². The first-order valence-corrected chi connectivity index (χ1v) is 6.30. The Labute approximate surface area is 116 Å². The van der Waals surface area contributed by atoms with Gasteiger partial charge in [-0.15, -0.1) is 0 Å². The third-order valence-corrected chi connectivity index (χ3v) is 2.74. The highest BCUT2D eigenvalue weighted by molar-refractivity contribution is 6.28. The average molecular weight is 282 g/mol. The number of hydrogen-bond donors (Lipinski definition) is 1. The number of aryl methyl sites for hydroxylation is 1. The van der Waals surface area contributed by atoms with E-state index in [1.165, 1.54) is 0 Å². The molecule has 0 atom stereocenters. The zero-order chi connectivity index (χ0) is 13.8. The zero-order valence-corrected chi connectivity index (χ0v) is 11.9. The van der Waals surface area contributed by atoms with Gasteiger partial charge >= 0.3 is 0 Å². The van der Waals surface area contributed by atoms with Gasteiger partial charge < -0.3 is 14.8 Å². The molecule has 19 heavy (non-hydrogen) atoms. The van der Waals surface area contributed by atoms with Gasteiger partial charge in [0.25, 0.3) is 0 Å². The van der Waals surface area contributed by atoms with Crippen LogP contribution in [0.4, 0.5) is 11.9 Å². The maximum atomic E-state index is 5.89. The van der Waals surface area contributed by atoms with Gasteiger partial charge in [0.05, 0.1) is 6.54 Å². The van der Waals surface area contributed by atoms with Gasteiger partial charge in [0, 0.05) is 33.0 Å². The van der Waals surface area contributed by atoms with E-state index in [2.05, 4.69) is 25.3 Å². The largest absolute Gasteiger partial charge is 0.354 e. The SMILES string of the molecule is CCNc1nc(Cl)nc(N(C)Cc2nccn2C)n1. The Hall–Kier alpha value is -1.89. The topological polar surface area (TPSA) is 71.8 Å². The van der Waals surface area contributed by atoms with Crippen LogP contribution in [0.15, 0.2) is 12.4 Å². The highest BCUT2D eigenvalue weighted by Crippen LogP contribution is 2.14. The van der Waals surface area contributed by atoms with Gasteiger partial charge in [0.15, 0.2) is 0 Å². The summed E-state index contributed by atoms with van der Waals surface area (Å²) in [4.78, 5) is 18.6. The summed E-state index contributed by atoms with van der Waals surface area (Å²) in [5, 5.41) is 3.19. The fourth-order valence-corrected chi connectivity index (χ4v) is 1.73. The Morgan fingerprint density at radius 2 is 2.16 bits per heavy atom. The third kappa shape index (κ3) is 3.31. The molecule has 7 nitrogen and oxygen atoms in total. The lowest BCUT2D eigenvalue weighted by atomic mass is 10.5. The van der Waals surface area contributed by atoms with E-state index in [0.29, 0.717) is 18.4 Å². The monoisotopic (exact) mass is 281 g/mol. The second kappa shape index (κ2) is 5.83. The number of halogens is 1. The Morgan fingerprint density at radius 3 is 2.79 bits per heavy atom. The van der Waals surface area contributed by atoms with Crippen LogP contribution in [0, 0.1) is 0 Å². The van der Waals surface area contributed by atoms with E-state index in [1.807, 2.05) is 36.7 Å². The maximum Gasteiger partial charge on any atom is 0.231 e. The minimum Gasteiger partial charge on any atom is -0.354 e. The number of nitrogens with zero attached hydrogens (tertiary/aromatic N) is 6. The van der Waals surface area contributed by atoms with Gasteiger partial charge in [-0.25, -0.2) is 4.98 Å². The van der Waals surface area contributed by atoms with Crippen molar-refractivity contribution in [2.24, 2.45) is 7.05 Å². The Morgan fingerprint density at radius 1 is 1.37 bits per heavy atom. The van der Waals surface area contributed by atoms with Crippen molar-refractivity contribution in [3.63, 3.8) is 0 Å². The van der Waals surface area contributed by atoms with Crippen molar-refractivity contribution in [3.8, 4) is 0 Å². The van der Waals surface area contributed by atoms with Crippen LogP contribution in [-0.2, 0) is 13.6 Å². The van der Waals surface area contributed by atoms with Crippen molar-refractivity contribution in [2.45, 2.75) is 13.5 Å². The summed E-state index contributed by atoms with van der Waals surface area (Å²) in [5.74, 6) is 1.91. The molecule has 0 fully saturated rings. The average Bonchev–Trinajstić information content (AvgIpc) is 2.75. The van der Waals surface area contributed by atoms with Crippen molar-refractivity contribution in [1.29, 1.82) is 0 Å². The molecule has 0 aliphatic heterocycles. The Kier molecular flexibility index (Phi) is 4.16. The van der Waals surface area contributed by atoms with E-state index in [-0.39, 0.29) is 5.28 Å². The molecule has 1 N–H and O–H groups in total. The maximum absolute atomic E-state index is 5.89. The molecule has 2 heterocycles. The number of anilines is 2. The van der Waals surface area contributed by atoms with E-state index >= 15 is 0 Å². The van der Waals surface area contributed by atoms with Crippen LogP contribution in [0.5, 0.6) is 0 Å². The number of imidazole rings is 1. The third-order valence-electron chi connectivity index (χ3n) is 2.57. The molecule has 0 aliphatic carbocycles. The van der Waals surface area contributed by atoms with Crippen LogP contribution in [-0.4, -0.2) is 38.1 Å². The van der Waals surface area contributed by atoms with Crippen molar-refractivity contribution in [1.82, 2.24) is 24.5 Å². The van der Waals surface area contributed by atoms with Gasteiger partial charge in [-0.05, 0) is 18.5 Å². The zero-order valence-electron chi connectivity index (χ0n) is 11.1. The molecule has 2 aromatic rings. The van der Waals surface area contributed by atoms with Crippen LogP contribution in [0.3, 0.4) is 0 Å². The van der Waals surface area contributed by atoms with E-state index in [1.54, 1.807) is 6.20 Å². The predicted octanol–water partition coefficient (Wildman–Crippen LogP) is 1.33. The molecule has 2 rings (SSSR count). The van der Waals surface area contributed by atoms with Gasteiger partial charge in [0.1, 0.15) is 5.82 Å². The van der Waals surface area contributed by atoms with Gasteiger partial charge in [-0.1, -0.05) is 0 Å². The molecule has 0 saturated heterocycles. The molecular weight excluding hydrogens is 266 g/mol. The first-order valence-electron chi connectivity index (χ1n) is 5.93.